The van der Waals surface area contributed by atoms with Gasteiger partial charge in [-0.2, -0.15) is 0 Å². The highest BCUT2D eigenvalue weighted by Crippen LogP contribution is 2.24. The van der Waals surface area contributed by atoms with Crippen LogP contribution in [0.1, 0.15) is 67.7 Å². The van der Waals surface area contributed by atoms with Crippen molar-refractivity contribution in [3.63, 3.8) is 0 Å². The van der Waals surface area contributed by atoms with Crippen LogP contribution in [-0.4, -0.2) is 34.0 Å². The van der Waals surface area contributed by atoms with Crippen LogP contribution in [0.5, 0.6) is 0 Å². The van der Waals surface area contributed by atoms with Crippen molar-refractivity contribution in [3.8, 4) is 0 Å². The van der Waals surface area contributed by atoms with Crippen LogP contribution in [-0.2, 0) is 4.74 Å². The van der Waals surface area contributed by atoms with Crippen LogP contribution >= 0.6 is 0 Å². The number of aryl methyl sites for hydroxylation is 1. The summed E-state index contributed by atoms with van der Waals surface area (Å²) >= 11 is 0. The zero-order valence-electron chi connectivity index (χ0n) is 16.0. The first-order valence-corrected chi connectivity index (χ1v) is 9.54. The quantitative estimate of drug-likeness (QED) is 0.814. The molecule has 0 atom stereocenters. The molecule has 0 aliphatic heterocycles. The molecule has 2 aromatic rings. The average molecular weight is 379 g/mol. The summed E-state index contributed by atoms with van der Waals surface area (Å²) in [6.45, 7) is 6.74. The molecular weight excluding hydrogens is 352 g/mol. The number of aromatic nitrogens is 2. The molecule has 1 N–H and O–H groups in total. The zero-order chi connectivity index (χ0) is 19.6. The van der Waals surface area contributed by atoms with Crippen molar-refractivity contribution in [1.29, 1.82) is 0 Å². The SMILES string of the molecule is Cc1cc(C(F)F)nc2c(C(=O)N[C@H]3CC[C@H](OCC(C)C)CC3)ccn12. The van der Waals surface area contributed by atoms with E-state index in [1.807, 2.05) is 0 Å². The number of rotatable bonds is 6. The van der Waals surface area contributed by atoms with Gasteiger partial charge in [-0.3, -0.25) is 4.79 Å². The third-order valence-corrected chi connectivity index (χ3v) is 4.97. The van der Waals surface area contributed by atoms with Gasteiger partial charge >= 0.3 is 0 Å². The van der Waals surface area contributed by atoms with Gasteiger partial charge in [0.25, 0.3) is 12.3 Å². The fourth-order valence-corrected chi connectivity index (χ4v) is 3.52. The second-order valence-corrected chi connectivity index (χ2v) is 7.72. The van der Waals surface area contributed by atoms with Crippen LogP contribution in [0, 0.1) is 12.8 Å². The third-order valence-electron chi connectivity index (χ3n) is 4.97. The molecule has 2 aromatic heterocycles. The first kappa shape index (κ1) is 19.7. The number of ether oxygens (including phenoxy) is 1. The Balaban J connectivity index is 1.65. The summed E-state index contributed by atoms with van der Waals surface area (Å²) in [5.41, 5.74) is 0.920. The number of alkyl halides is 2. The number of nitrogens with zero attached hydrogens (tertiary/aromatic N) is 2. The molecule has 1 aliphatic rings. The number of halogens is 2. The van der Waals surface area contributed by atoms with E-state index in [9.17, 15) is 13.6 Å². The second kappa shape index (κ2) is 8.33. The molecule has 0 spiro atoms. The van der Waals surface area contributed by atoms with Crippen molar-refractivity contribution in [3.05, 3.63) is 35.3 Å². The molecule has 0 radical (unpaired) electrons. The highest BCUT2D eigenvalue weighted by molar-refractivity contribution is 6.00. The van der Waals surface area contributed by atoms with Gasteiger partial charge in [0.05, 0.1) is 11.7 Å². The Kier molecular flexibility index (Phi) is 6.09. The summed E-state index contributed by atoms with van der Waals surface area (Å²) in [5, 5.41) is 3.03. The first-order chi connectivity index (χ1) is 12.8. The number of hydrogen-bond donors (Lipinski definition) is 1. The Morgan fingerprint density at radius 1 is 1.33 bits per heavy atom. The van der Waals surface area contributed by atoms with Crippen LogP contribution in [0.3, 0.4) is 0 Å². The van der Waals surface area contributed by atoms with Gasteiger partial charge < -0.3 is 14.5 Å². The lowest BCUT2D eigenvalue weighted by Gasteiger charge is -2.29. The largest absolute Gasteiger partial charge is 0.378 e. The van der Waals surface area contributed by atoms with Crippen molar-refractivity contribution in [1.82, 2.24) is 14.7 Å². The smallest absolute Gasteiger partial charge is 0.280 e. The van der Waals surface area contributed by atoms with Gasteiger partial charge in [-0.15, -0.1) is 0 Å². The summed E-state index contributed by atoms with van der Waals surface area (Å²) in [6, 6.07) is 3.06. The van der Waals surface area contributed by atoms with E-state index in [0.717, 1.165) is 32.3 Å². The minimum atomic E-state index is -2.67. The molecule has 5 nitrogen and oxygen atoms in total. The topological polar surface area (TPSA) is 55.6 Å². The van der Waals surface area contributed by atoms with E-state index in [2.05, 4.69) is 24.1 Å². The molecule has 0 bridgehead atoms. The molecule has 2 heterocycles. The van der Waals surface area contributed by atoms with Gasteiger partial charge in [0.15, 0.2) is 0 Å². The lowest BCUT2D eigenvalue weighted by Crippen LogP contribution is -2.39. The molecule has 7 heteroatoms. The van der Waals surface area contributed by atoms with E-state index in [-0.39, 0.29) is 29.4 Å². The zero-order valence-corrected chi connectivity index (χ0v) is 16.0. The van der Waals surface area contributed by atoms with Gasteiger partial charge in [-0.1, -0.05) is 13.8 Å². The first-order valence-electron chi connectivity index (χ1n) is 9.54. The lowest BCUT2D eigenvalue weighted by molar-refractivity contribution is 0.00860. The summed E-state index contributed by atoms with van der Waals surface area (Å²) in [6.07, 6.45) is 2.83. The van der Waals surface area contributed by atoms with E-state index in [1.165, 1.54) is 6.07 Å². The van der Waals surface area contributed by atoms with Gasteiger partial charge in [-0.05, 0) is 50.7 Å². The molecule has 0 unspecified atom stereocenters. The summed E-state index contributed by atoms with van der Waals surface area (Å²) < 4.78 is 33.6. The number of nitrogens with one attached hydrogen (secondary N) is 1. The molecule has 1 fully saturated rings. The predicted octanol–water partition coefficient (Wildman–Crippen LogP) is 4.29. The van der Waals surface area contributed by atoms with E-state index < -0.39 is 6.43 Å². The average Bonchev–Trinajstić information content (AvgIpc) is 3.05. The van der Waals surface area contributed by atoms with E-state index in [0.29, 0.717) is 17.2 Å². The molecule has 0 aromatic carbocycles. The van der Waals surface area contributed by atoms with Crippen molar-refractivity contribution >= 4 is 11.6 Å². The number of amides is 1. The molecule has 148 valence electrons. The Bertz CT molecular complexity index is 796. The fourth-order valence-electron chi connectivity index (χ4n) is 3.52. The fraction of sp³-hybridized carbons (Fsp3) is 0.600. The number of hydrogen-bond acceptors (Lipinski definition) is 3. The summed E-state index contributed by atoms with van der Waals surface area (Å²) in [5.74, 6) is 0.252. The summed E-state index contributed by atoms with van der Waals surface area (Å²) in [7, 11) is 0. The number of fused-ring (bicyclic) bond motifs is 1. The monoisotopic (exact) mass is 379 g/mol. The Morgan fingerprint density at radius 2 is 2.04 bits per heavy atom. The van der Waals surface area contributed by atoms with E-state index >= 15 is 0 Å². The Labute approximate surface area is 158 Å². The third kappa shape index (κ3) is 4.64. The molecule has 1 aliphatic carbocycles. The van der Waals surface area contributed by atoms with Crippen molar-refractivity contribution < 1.29 is 18.3 Å². The Hall–Kier alpha value is -2.02. The normalized spacial score (nSPS) is 20.6. The predicted molar refractivity (Wildman–Crippen MR) is 99.2 cm³/mol. The van der Waals surface area contributed by atoms with E-state index in [1.54, 1.807) is 23.6 Å². The second-order valence-electron chi connectivity index (χ2n) is 7.72. The van der Waals surface area contributed by atoms with Crippen LogP contribution in [0.2, 0.25) is 0 Å². The van der Waals surface area contributed by atoms with Crippen molar-refractivity contribution in [2.24, 2.45) is 5.92 Å². The molecule has 1 saturated carbocycles. The Morgan fingerprint density at radius 3 is 2.67 bits per heavy atom. The summed E-state index contributed by atoms with van der Waals surface area (Å²) in [4.78, 5) is 16.7. The van der Waals surface area contributed by atoms with Gasteiger partial charge in [0, 0.05) is 24.5 Å². The van der Waals surface area contributed by atoms with Gasteiger partial charge in [0.1, 0.15) is 11.3 Å². The standard InChI is InChI=1S/C20H27F2N3O2/c1-12(2)11-27-15-6-4-14(5-7-15)23-20(26)16-8-9-25-13(3)10-17(18(21)22)24-19(16)25/h8-10,12,14-15,18H,4-7,11H2,1-3H3,(H,23,26)/t14-,15-. The van der Waals surface area contributed by atoms with Crippen LogP contribution in [0.25, 0.3) is 5.65 Å². The minimum absolute atomic E-state index is 0.0747. The molecule has 0 saturated heterocycles. The molecule has 1 amide bonds. The van der Waals surface area contributed by atoms with Crippen LogP contribution < -0.4 is 5.32 Å². The highest BCUT2D eigenvalue weighted by atomic mass is 19.3. The number of carbonyl (C=O) groups is 1. The van der Waals surface area contributed by atoms with Gasteiger partial charge in [0.2, 0.25) is 0 Å². The van der Waals surface area contributed by atoms with Gasteiger partial charge in [-0.25, -0.2) is 13.8 Å². The highest BCUT2D eigenvalue weighted by Gasteiger charge is 2.25. The van der Waals surface area contributed by atoms with E-state index in [4.69, 9.17) is 4.74 Å². The molecule has 27 heavy (non-hydrogen) atoms. The molecule has 3 rings (SSSR count). The van der Waals surface area contributed by atoms with Crippen LogP contribution in [0.4, 0.5) is 8.78 Å². The number of carbonyl (C=O) groups excluding carboxylic acids is 1. The van der Waals surface area contributed by atoms with Crippen molar-refractivity contribution in [2.75, 3.05) is 6.61 Å². The molecular formula is C20H27F2N3O2. The maximum atomic E-state index is 13.1. The lowest BCUT2D eigenvalue weighted by atomic mass is 9.92. The minimum Gasteiger partial charge on any atom is -0.378 e. The van der Waals surface area contributed by atoms with Crippen LogP contribution in [0.15, 0.2) is 18.3 Å². The maximum Gasteiger partial charge on any atom is 0.280 e. The van der Waals surface area contributed by atoms with Crippen molar-refractivity contribution in [2.45, 2.75) is 65.0 Å². The maximum absolute atomic E-state index is 13.1.